The first-order valence-electron chi connectivity index (χ1n) is 17.2. The van der Waals surface area contributed by atoms with Crippen LogP contribution in [0.25, 0.3) is 0 Å². The van der Waals surface area contributed by atoms with Gasteiger partial charge in [0.25, 0.3) is 5.91 Å². The van der Waals surface area contributed by atoms with Gasteiger partial charge in [-0.1, -0.05) is 6.92 Å². The van der Waals surface area contributed by atoms with E-state index in [0.29, 0.717) is 25.9 Å². The summed E-state index contributed by atoms with van der Waals surface area (Å²) in [4.78, 5) is 12.9. The minimum Gasteiger partial charge on any atom is -0.395 e. The lowest BCUT2D eigenvalue weighted by Gasteiger charge is -2.46. The summed E-state index contributed by atoms with van der Waals surface area (Å²) in [5.41, 5.74) is 22.7. The quantitative estimate of drug-likeness (QED) is 0.0747. The maximum Gasteiger partial charge on any atom is 0.253 e. The molecule has 2 aliphatic carbocycles. The molecule has 18 unspecified atom stereocenters. The fourth-order valence-corrected chi connectivity index (χ4v) is 7.04. The van der Waals surface area contributed by atoms with Gasteiger partial charge in [-0.2, -0.15) is 0 Å². The summed E-state index contributed by atoms with van der Waals surface area (Å²) in [6.45, 7) is 1.95. The van der Waals surface area contributed by atoms with Crippen molar-refractivity contribution in [2.24, 2.45) is 28.9 Å². The van der Waals surface area contributed by atoms with Crippen LogP contribution in [0, 0.1) is 5.92 Å². The van der Waals surface area contributed by atoms with Gasteiger partial charge in [0.2, 0.25) is 0 Å². The average molecular weight is 709 g/mol. The molecule has 284 valence electrons. The molecule has 18 atom stereocenters. The SMILES string of the molecule is CC1C(OC2CC(OC3C(O)C(NC(=O)C4(O)CC4N)CC(N)C3OC3OC(CNCCO)CCC3N)OC2CO)OC(CN)C(O)C1O. The highest BCUT2D eigenvalue weighted by molar-refractivity contribution is 5.89. The lowest BCUT2D eigenvalue weighted by Crippen LogP contribution is -2.67. The maximum absolute atomic E-state index is 12.9. The van der Waals surface area contributed by atoms with Crippen molar-refractivity contribution < 1.29 is 63.9 Å². The third kappa shape index (κ3) is 8.71. The van der Waals surface area contributed by atoms with Gasteiger partial charge in [-0.05, 0) is 19.3 Å². The number of hydrogen-bond donors (Lipinski definition) is 12. The standard InChI is InChI=1S/C30H56N6O13/c1-12-22(39)24(41)18(9-31)47-27(12)46-17-7-21(45-19(17)11-38)48-26-23(40)16(36-29(42)30(43)8-20(30)34)6-15(33)25(26)49-28-14(32)3-2-13(44-28)10-35-4-5-37/h12-28,35,37-41,43H,2-11,31-34H2,1H3,(H,36,42). The van der Waals surface area contributed by atoms with Crippen LogP contribution in [0.4, 0.5) is 0 Å². The molecule has 3 heterocycles. The summed E-state index contributed by atoms with van der Waals surface area (Å²) >= 11 is 0. The average Bonchev–Trinajstić information content (AvgIpc) is 3.52. The Labute approximate surface area is 284 Å². The zero-order valence-electron chi connectivity index (χ0n) is 27.7. The Bertz CT molecular complexity index is 1090. The van der Waals surface area contributed by atoms with E-state index in [1.165, 1.54) is 0 Å². The lowest BCUT2D eigenvalue weighted by molar-refractivity contribution is -0.290. The summed E-state index contributed by atoms with van der Waals surface area (Å²) in [5, 5.41) is 68.0. The molecule has 19 nitrogen and oxygen atoms in total. The molecule has 16 N–H and O–H groups in total. The van der Waals surface area contributed by atoms with Gasteiger partial charge in [-0.3, -0.25) is 4.79 Å². The van der Waals surface area contributed by atoms with Gasteiger partial charge < -0.3 is 92.6 Å². The normalized spacial score (nSPS) is 48.8. The number of rotatable bonds is 14. The third-order valence-corrected chi connectivity index (χ3v) is 10.4. The molecule has 2 saturated carbocycles. The fraction of sp³-hybridized carbons (Fsp3) is 0.967. The van der Waals surface area contributed by atoms with Crippen LogP contribution in [0.1, 0.15) is 39.0 Å². The van der Waals surface area contributed by atoms with Crippen molar-refractivity contribution in [1.29, 1.82) is 0 Å². The van der Waals surface area contributed by atoms with Gasteiger partial charge in [-0.15, -0.1) is 0 Å². The molecule has 0 aromatic carbocycles. The van der Waals surface area contributed by atoms with Crippen molar-refractivity contribution in [3.8, 4) is 0 Å². The molecular weight excluding hydrogens is 652 g/mol. The molecule has 3 aliphatic heterocycles. The second kappa shape index (κ2) is 16.6. The van der Waals surface area contributed by atoms with E-state index in [1.54, 1.807) is 6.92 Å². The van der Waals surface area contributed by atoms with Gasteiger partial charge in [0.15, 0.2) is 24.5 Å². The Kier molecular flexibility index (Phi) is 13.2. The monoisotopic (exact) mass is 708 g/mol. The van der Waals surface area contributed by atoms with Crippen molar-refractivity contribution in [3.63, 3.8) is 0 Å². The molecule has 49 heavy (non-hydrogen) atoms. The van der Waals surface area contributed by atoms with Crippen LogP contribution < -0.4 is 33.6 Å². The molecule has 5 fully saturated rings. The van der Waals surface area contributed by atoms with Crippen molar-refractivity contribution in [1.82, 2.24) is 10.6 Å². The van der Waals surface area contributed by atoms with Crippen LogP contribution in [-0.2, 0) is 33.2 Å². The number of carbonyl (C=O) groups is 1. The molecule has 1 amide bonds. The van der Waals surface area contributed by atoms with E-state index < -0.39 is 116 Å². The number of nitrogens with one attached hydrogen (secondary N) is 2. The topological polar surface area (TPSA) is 322 Å². The van der Waals surface area contributed by atoms with Crippen molar-refractivity contribution >= 4 is 5.91 Å². The number of ether oxygens (including phenoxy) is 6. The predicted molar refractivity (Wildman–Crippen MR) is 168 cm³/mol. The highest BCUT2D eigenvalue weighted by atomic mass is 16.7. The third-order valence-electron chi connectivity index (χ3n) is 10.4. The molecule has 0 radical (unpaired) electrons. The molecule has 5 aliphatic rings. The van der Waals surface area contributed by atoms with E-state index in [2.05, 4.69) is 10.6 Å². The Hall–Kier alpha value is -1.21. The minimum absolute atomic E-state index is 0.0285. The molecule has 0 aromatic rings. The Balaban J connectivity index is 1.30. The predicted octanol–water partition coefficient (Wildman–Crippen LogP) is -6.26. The number of aliphatic hydroxyl groups is 6. The summed E-state index contributed by atoms with van der Waals surface area (Å²) in [6.07, 6.45) is -10.4. The van der Waals surface area contributed by atoms with Crippen LogP contribution in [0.3, 0.4) is 0 Å². The molecular formula is C30H56N6O13. The van der Waals surface area contributed by atoms with Gasteiger partial charge in [-0.25, -0.2) is 0 Å². The number of hydrogen-bond acceptors (Lipinski definition) is 18. The van der Waals surface area contributed by atoms with E-state index in [1.807, 2.05) is 0 Å². The fourth-order valence-electron chi connectivity index (χ4n) is 7.04. The summed E-state index contributed by atoms with van der Waals surface area (Å²) < 4.78 is 36.8. The minimum atomic E-state index is -1.74. The second-order valence-electron chi connectivity index (χ2n) is 14.0. The first-order valence-corrected chi connectivity index (χ1v) is 17.2. The molecule has 0 aromatic heterocycles. The maximum atomic E-state index is 12.9. The van der Waals surface area contributed by atoms with Gasteiger partial charge >= 0.3 is 0 Å². The van der Waals surface area contributed by atoms with Crippen LogP contribution >= 0.6 is 0 Å². The number of amides is 1. The van der Waals surface area contributed by atoms with E-state index in [4.69, 9.17) is 56.5 Å². The summed E-state index contributed by atoms with van der Waals surface area (Å²) in [7, 11) is 0. The van der Waals surface area contributed by atoms with Crippen LogP contribution in [-0.4, -0.2) is 173 Å². The smallest absolute Gasteiger partial charge is 0.253 e. The van der Waals surface area contributed by atoms with Gasteiger partial charge in [0, 0.05) is 50.5 Å². The zero-order valence-corrected chi connectivity index (χ0v) is 27.7. The number of aliphatic hydroxyl groups excluding tert-OH is 5. The highest BCUT2D eigenvalue weighted by Crippen LogP contribution is 2.37. The summed E-state index contributed by atoms with van der Waals surface area (Å²) in [6, 6.07) is -3.02. The summed E-state index contributed by atoms with van der Waals surface area (Å²) in [5.74, 6) is -1.38. The Morgan fingerprint density at radius 2 is 1.63 bits per heavy atom. The van der Waals surface area contributed by atoms with Crippen molar-refractivity contribution in [2.45, 2.75) is 143 Å². The van der Waals surface area contributed by atoms with Crippen molar-refractivity contribution in [2.75, 3.05) is 32.8 Å². The molecule has 5 rings (SSSR count). The van der Waals surface area contributed by atoms with E-state index in [0.717, 1.165) is 0 Å². The zero-order chi connectivity index (χ0) is 35.6. The number of nitrogens with two attached hydrogens (primary N) is 4. The van der Waals surface area contributed by atoms with E-state index in [9.17, 15) is 30.3 Å². The van der Waals surface area contributed by atoms with Crippen LogP contribution in [0.2, 0.25) is 0 Å². The first kappa shape index (κ1) is 39.0. The Morgan fingerprint density at radius 3 is 2.29 bits per heavy atom. The largest absolute Gasteiger partial charge is 0.395 e. The molecule has 0 spiro atoms. The highest BCUT2D eigenvalue weighted by Gasteiger charge is 2.59. The van der Waals surface area contributed by atoms with E-state index >= 15 is 0 Å². The first-order chi connectivity index (χ1) is 23.3. The molecule has 0 bridgehead atoms. The van der Waals surface area contributed by atoms with Crippen LogP contribution in [0.15, 0.2) is 0 Å². The second-order valence-corrected chi connectivity index (χ2v) is 14.0. The Morgan fingerprint density at radius 1 is 0.898 bits per heavy atom. The molecule has 19 heteroatoms. The van der Waals surface area contributed by atoms with E-state index in [-0.39, 0.29) is 38.5 Å². The van der Waals surface area contributed by atoms with Crippen LogP contribution in [0.5, 0.6) is 0 Å². The van der Waals surface area contributed by atoms with Gasteiger partial charge in [0.05, 0.1) is 43.6 Å². The van der Waals surface area contributed by atoms with Crippen molar-refractivity contribution in [3.05, 3.63) is 0 Å². The molecule has 3 saturated heterocycles. The van der Waals surface area contributed by atoms with Gasteiger partial charge in [0.1, 0.15) is 36.6 Å². The lowest BCUT2D eigenvalue weighted by atomic mass is 9.83. The number of carbonyl (C=O) groups excluding carboxylic acids is 1.